The van der Waals surface area contributed by atoms with Gasteiger partial charge in [-0.25, -0.2) is 4.39 Å². The lowest BCUT2D eigenvalue weighted by molar-refractivity contribution is -0.116. The van der Waals surface area contributed by atoms with E-state index in [1.165, 1.54) is 12.1 Å². The van der Waals surface area contributed by atoms with E-state index in [1.54, 1.807) is 16.7 Å². The smallest absolute Gasteiger partial charge is 0.247 e. The molecule has 2 aromatic carbocycles. The fraction of sp³-hybridized carbons (Fsp3) is 0.150. The van der Waals surface area contributed by atoms with Crippen molar-refractivity contribution >= 4 is 22.5 Å². The number of benzene rings is 2. The summed E-state index contributed by atoms with van der Waals surface area (Å²) >= 11 is 0. The number of aromatic nitrogens is 3. The molecule has 7 heteroatoms. The van der Waals surface area contributed by atoms with Crippen molar-refractivity contribution in [1.82, 2.24) is 14.8 Å². The molecule has 0 bridgehead atoms. The number of anilines is 1. The van der Waals surface area contributed by atoms with Crippen LogP contribution in [0, 0.1) is 5.82 Å². The second-order valence-corrected chi connectivity index (χ2v) is 6.10. The molecule has 1 amide bonds. The van der Waals surface area contributed by atoms with Gasteiger partial charge in [0.25, 0.3) is 0 Å². The summed E-state index contributed by atoms with van der Waals surface area (Å²) in [5, 5.41) is 11.6. The molecule has 0 unspecified atom stereocenters. The first-order valence-corrected chi connectivity index (χ1v) is 8.60. The van der Waals surface area contributed by atoms with Crippen molar-refractivity contribution in [2.75, 3.05) is 5.32 Å². The number of hydrogen-bond donors (Lipinski definition) is 1. The SMILES string of the molecule is CCc1nnc(-c2ccc3ccn(CC(=O)Nc4ccccc4F)c3c2)o1. The van der Waals surface area contributed by atoms with E-state index in [4.69, 9.17) is 4.42 Å². The number of amides is 1. The van der Waals surface area contributed by atoms with Crippen LogP contribution >= 0.6 is 0 Å². The maximum absolute atomic E-state index is 13.7. The van der Waals surface area contributed by atoms with Gasteiger partial charge in [0.15, 0.2) is 0 Å². The molecule has 0 aliphatic heterocycles. The second-order valence-electron chi connectivity index (χ2n) is 6.10. The average molecular weight is 364 g/mol. The van der Waals surface area contributed by atoms with Gasteiger partial charge in [-0.2, -0.15) is 0 Å². The van der Waals surface area contributed by atoms with Gasteiger partial charge >= 0.3 is 0 Å². The number of carbonyl (C=O) groups excluding carboxylic acids is 1. The number of halogens is 1. The fourth-order valence-electron chi connectivity index (χ4n) is 2.87. The highest BCUT2D eigenvalue weighted by Crippen LogP contribution is 2.25. The van der Waals surface area contributed by atoms with Crippen molar-refractivity contribution in [3.8, 4) is 11.5 Å². The van der Waals surface area contributed by atoms with E-state index in [0.717, 1.165) is 16.5 Å². The summed E-state index contributed by atoms with van der Waals surface area (Å²) in [7, 11) is 0. The molecule has 136 valence electrons. The standard InChI is InChI=1S/C20H17FN4O2/c1-2-19-23-24-20(27-19)14-8-7-13-9-10-25(17(13)11-14)12-18(26)22-16-6-4-3-5-15(16)21/h3-11H,2,12H2,1H3,(H,22,26). The summed E-state index contributed by atoms with van der Waals surface area (Å²) in [5.41, 5.74) is 1.80. The zero-order valence-corrected chi connectivity index (χ0v) is 14.6. The summed E-state index contributed by atoms with van der Waals surface area (Å²) in [6.07, 6.45) is 2.49. The summed E-state index contributed by atoms with van der Waals surface area (Å²) < 4.78 is 21.1. The third-order valence-corrected chi connectivity index (χ3v) is 4.25. The molecule has 0 fully saturated rings. The summed E-state index contributed by atoms with van der Waals surface area (Å²) in [5.74, 6) is 0.240. The Bertz CT molecular complexity index is 1120. The van der Waals surface area contributed by atoms with Crippen LogP contribution in [0.1, 0.15) is 12.8 Å². The van der Waals surface area contributed by atoms with Crippen LogP contribution in [0.25, 0.3) is 22.4 Å². The molecule has 0 atom stereocenters. The number of nitrogens with one attached hydrogen (secondary N) is 1. The molecule has 27 heavy (non-hydrogen) atoms. The van der Waals surface area contributed by atoms with Gasteiger partial charge in [0.1, 0.15) is 12.4 Å². The van der Waals surface area contributed by atoms with E-state index in [1.807, 2.05) is 37.4 Å². The van der Waals surface area contributed by atoms with E-state index in [0.29, 0.717) is 18.2 Å². The predicted molar refractivity (Wildman–Crippen MR) is 99.6 cm³/mol. The van der Waals surface area contributed by atoms with E-state index >= 15 is 0 Å². The van der Waals surface area contributed by atoms with Gasteiger partial charge in [-0.3, -0.25) is 4.79 Å². The normalized spacial score (nSPS) is 11.0. The first kappa shape index (κ1) is 17.0. The number of aryl methyl sites for hydroxylation is 1. The number of carbonyl (C=O) groups is 1. The van der Waals surface area contributed by atoms with Crippen molar-refractivity contribution in [1.29, 1.82) is 0 Å². The Balaban J connectivity index is 1.59. The van der Waals surface area contributed by atoms with Crippen LogP contribution in [0.3, 0.4) is 0 Å². The topological polar surface area (TPSA) is 73.0 Å². The third-order valence-electron chi connectivity index (χ3n) is 4.25. The van der Waals surface area contributed by atoms with Crippen molar-refractivity contribution in [3.63, 3.8) is 0 Å². The first-order chi connectivity index (χ1) is 13.1. The maximum atomic E-state index is 13.7. The number of fused-ring (bicyclic) bond motifs is 1. The Morgan fingerprint density at radius 1 is 1.19 bits per heavy atom. The maximum Gasteiger partial charge on any atom is 0.247 e. The van der Waals surface area contributed by atoms with Crippen LogP contribution in [0.4, 0.5) is 10.1 Å². The molecule has 2 aromatic heterocycles. The lowest BCUT2D eigenvalue weighted by atomic mass is 10.1. The number of para-hydroxylation sites is 1. The van der Waals surface area contributed by atoms with Crippen molar-refractivity contribution in [2.45, 2.75) is 19.9 Å². The molecule has 0 spiro atoms. The Kier molecular flexibility index (Phi) is 4.42. The van der Waals surface area contributed by atoms with Crippen LogP contribution < -0.4 is 5.32 Å². The average Bonchev–Trinajstić information content (AvgIpc) is 3.30. The van der Waals surface area contributed by atoms with Crippen LogP contribution in [-0.4, -0.2) is 20.7 Å². The molecule has 4 rings (SSSR count). The molecule has 4 aromatic rings. The Hall–Kier alpha value is -3.48. The van der Waals surface area contributed by atoms with Gasteiger partial charge in [0.05, 0.1) is 5.69 Å². The molecular formula is C20H17FN4O2. The molecule has 0 saturated carbocycles. The zero-order valence-electron chi connectivity index (χ0n) is 14.6. The fourth-order valence-corrected chi connectivity index (χ4v) is 2.87. The number of hydrogen-bond acceptors (Lipinski definition) is 4. The molecule has 2 heterocycles. The monoisotopic (exact) mass is 364 g/mol. The predicted octanol–water partition coefficient (Wildman–Crippen LogP) is 4.03. The third kappa shape index (κ3) is 3.44. The molecule has 6 nitrogen and oxygen atoms in total. The van der Waals surface area contributed by atoms with Gasteiger partial charge < -0.3 is 14.3 Å². The van der Waals surface area contributed by atoms with Crippen molar-refractivity contribution < 1.29 is 13.6 Å². The minimum Gasteiger partial charge on any atom is -0.421 e. The lowest BCUT2D eigenvalue weighted by Gasteiger charge is -2.08. The van der Waals surface area contributed by atoms with Gasteiger partial charge in [0.2, 0.25) is 17.7 Å². The summed E-state index contributed by atoms with van der Waals surface area (Å²) in [6.45, 7) is 2.01. The van der Waals surface area contributed by atoms with E-state index in [-0.39, 0.29) is 18.1 Å². The van der Waals surface area contributed by atoms with Gasteiger partial charge in [-0.15, -0.1) is 10.2 Å². The number of rotatable bonds is 5. The summed E-state index contributed by atoms with van der Waals surface area (Å²) in [4.78, 5) is 12.3. The van der Waals surface area contributed by atoms with Gasteiger partial charge in [0, 0.05) is 23.7 Å². The highest BCUT2D eigenvalue weighted by Gasteiger charge is 2.12. The Morgan fingerprint density at radius 3 is 2.81 bits per heavy atom. The van der Waals surface area contributed by atoms with E-state index < -0.39 is 5.82 Å². The van der Waals surface area contributed by atoms with Crippen LogP contribution in [0.5, 0.6) is 0 Å². The molecule has 0 aliphatic rings. The molecule has 1 N–H and O–H groups in total. The quantitative estimate of drug-likeness (QED) is 0.580. The Morgan fingerprint density at radius 2 is 2.04 bits per heavy atom. The van der Waals surface area contributed by atoms with Crippen LogP contribution in [0.2, 0.25) is 0 Å². The highest BCUT2D eigenvalue weighted by atomic mass is 19.1. The van der Waals surface area contributed by atoms with Crippen LogP contribution in [-0.2, 0) is 17.8 Å². The zero-order chi connectivity index (χ0) is 18.8. The first-order valence-electron chi connectivity index (χ1n) is 8.60. The van der Waals surface area contributed by atoms with E-state index in [2.05, 4.69) is 15.5 Å². The molecule has 0 saturated heterocycles. The highest BCUT2D eigenvalue weighted by molar-refractivity contribution is 5.92. The molecular weight excluding hydrogens is 347 g/mol. The minimum absolute atomic E-state index is 0.0608. The lowest BCUT2D eigenvalue weighted by Crippen LogP contribution is -2.18. The summed E-state index contributed by atoms with van der Waals surface area (Å²) in [6, 6.07) is 13.7. The van der Waals surface area contributed by atoms with Crippen molar-refractivity contribution in [2.24, 2.45) is 0 Å². The molecule has 0 aliphatic carbocycles. The minimum atomic E-state index is -0.464. The van der Waals surface area contributed by atoms with E-state index in [9.17, 15) is 9.18 Å². The van der Waals surface area contributed by atoms with Gasteiger partial charge in [-0.1, -0.05) is 25.1 Å². The largest absolute Gasteiger partial charge is 0.421 e. The second kappa shape index (κ2) is 7.03. The van der Waals surface area contributed by atoms with Crippen molar-refractivity contribution in [3.05, 3.63) is 66.4 Å². The van der Waals surface area contributed by atoms with Gasteiger partial charge in [-0.05, 0) is 35.7 Å². The Labute approximate surface area is 154 Å². The van der Waals surface area contributed by atoms with Crippen LogP contribution in [0.15, 0.2) is 59.1 Å². The number of nitrogens with zero attached hydrogens (tertiary/aromatic N) is 3. The molecule has 0 radical (unpaired) electrons.